The van der Waals surface area contributed by atoms with Crippen molar-refractivity contribution in [3.05, 3.63) is 34.9 Å². The van der Waals surface area contributed by atoms with E-state index in [1.54, 1.807) is 17.0 Å². The van der Waals surface area contributed by atoms with Gasteiger partial charge in [0.2, 0.25) is 0 Å². The Labute approximate surface area is 158 Å². The molecule has 1 unspecified atom stereocenters. The number of aliphatic carboxylic acids is 1. The molecule has 0 radical (unpaired) electrons. The van der Waals surface area contributed by atoms with Crippen LogP contribution in [0.3, 0.4) is 0 Å². The molecule has 1 fully saturated rings. The number of likely N-dealkylation sites (N-methyl/N-ethyl adjacent to an activating group) is 2. The van der Waals surface area contributed by atoms with Gasteiger partial charge in [0.25, 0.3) is 11.9 Å². The zero-order valence-electron chi connectivity index (χ0n) is 14.0. The minimum atomic E-state index is -1.25. The SMILES string of the molecule is CN1C(=O)C2C(=[N+]=C(SCC(=O)[O-])N2Cc2ccccc2Cl)N(C)C1=O. The predicted molar refractivity (Wildman–Crippen MR) is 96.3 cm³/mol. The van der Waals surface area contributed by atoms with E-state index in [1.165, 1.54) is 19.0 Å². The van der Waals surface area contributed by atoms with E-state index < -0.39 is 23.9 Å². The van der Waals surface area contributed by atoms with E-state index in [-0.39, 0.29) is 18.1 Å². The van der Waals surface area contributed by atoms with Crippen molar-refractivity contribution in [3.63, 3.8) is 0 Å². The Morgan fingerprint density at radius 2 is 1.96 bits per heavy atom. The Kier molecular flexibility index (Phi) is 4.95. The first-order valence-corrected chi connectivity index (χ1v) is 9.01. The third-order valence-electron chi connectivity index (χ3n) is 4.11. The fraction of sp³-hybridized carbons (Fsp3) is 0.312. The van der Waals surface area contributed by atoms with Gasteiger partial charge < -0.3 is 9.90 Å². The Bertz CT molecular complexity index is 868. The van der Waals surface area contributed by atoms with Gasteiger partial charge in [0.1, 0.15) is 0 Å². The second kappa shape index (κ2) is 7.03. The van der Waals surface area contributed by atoms with Crippen molar-refractivity contribution in [3.8, 4) is 0 Å². The normalized spacial score (nSPS) is 19.5. The summed E-state index contributed by atoms with van der Waals surface area (Å²) >= 11 is 7.16. The van der Waals surface area contributed by atoms with Crippen molar-refractivity contribution in [2.75, 3.05) is 19.8 Å². The average Bonchev–Trinajstić information content (AvgIpc) is 2.97. The van der Waals surface area contributed by atoms with Crippen molar-refractivity contribution in [2.45, 2.75) is 12.6 Å². The summed E-state index contributed by atoms with van der Waals surface area (Å²) in [5.41, 5.74) is 0.757. The third kappa shape index (κ3) is 3.16. The molecule has 2 heterocycles. The number of carboxylic acids is 1. The number of amidine groups is 2. The number of hydrogen-bond acceptors (Lipinski definition) is 6. The van der Waals surface area contributed by atoms with Gasteiger partial charge in [0.05, 0.1) is 19.6 Å². The molecule has 0 bridgehead atoms. The highest BCUT2D eigenvalue weighted by Gasteiger charge is 2.55. The maximum absolute atomic E-state index is 12.7. The van der Waals surface area contributed by atoms with Crippen LogP contribution in [0.25, 0.3) is 0 Å². The molecule has 1 aromatic carbocycles. The fourth-order valence-corrected chi connectivity index (χ4v) is 3.72. The number of imide groups is 1. The summed E-state index contributed by atoms with van der Waals surface area (Å²) in [5.74, 6) is -1.73. The van der Waals surface area contributed by atoms with Crippen LogP contribution < -0.4 is 9.77 Å². The maximum atomic E-state index is 12.7. The molecule has 0 aromatic heterocycles. The van der Waals surface area contributed by atoms with E-state index in [4.69, 9.17) is 11.6 Å². The van der Waals surface area contributed by atoms with E-state index in [9.17, 15) is 19.5 Å². The second-order valence-electron chi connectivity index (χ2n) is 5.77. The molecular weight excluding hydrogens is 380 g/mol. The molecule has 3 rings (SSSR count). The summed E-state index contributed by atoms with van der Waals surface area (Å²) < 4.78 is 4.35. The van der Waals surface area contributed by atoms with Crippen LogP contribution in [0.4, 0.5) is 4.79 Å². The number of carbonyl (C=O) groups excluding carboxylic acids is 3. The van der Waals surface area contributed by atoms with Gasteiger partial charge in [-0.2, -0.15) is 4.90 Å². The van der Waals surface area contributed by atoms with Crippen molar-refractivity contribution in [1.29, 1.82) is 0 Å². The van der Waals surface area contributed by atoms with E-state index in [1.807, 2.05) is 12.1 Å². The van der Waals surface area contributed by atoms with Crippen LogP contribution in [0.5, 0.6) is 0 Å². The second-order valence-corrected chi connectivity index (χ2v) is 7.12. The van der Waals surface area contributed by atoms with Crippen molar-refractivity contribution < 1.29 is 19.5 Å². The maximum Gasteiger partial charge on any atom is 0.389 e. The Balaban J connectivity index is 1.99. The minimum Gasteiger partial charge on any atom is -0.549 e. The molecule has 2 aliphatic rings. The Hall–Kier alpha value is -2.48. The number of thioether (sulfide) groups is 1. The Morgan fingerprint density at radius 3 is 2.62 bits per heavy atom. The lowest BCUT2D eigenvalue weighted by Gasteiger charge is -2.31. The highest BCUT2D eigenvalue weighted by molar-refractivity contribution is 8.14. The van der Waals surface area contributed by atoms with Gasteiger partial charge in [-0.25, -0.2) is 14.4 Å². The summed E-state index contributed by atoms with van der Waals surface area (Å²) in [6, 6.07) is 5.84. The van der Waals surface area contributed by atoms with Crippen LogP contribution in [-0.4, -0.2) is 69.5 Å². The molecule has 2 aliphatic heterocycles. The van der Waals surface area contributed by atoms with Gasteiger partial charge in [-0.3, -0.25) is 9.69 Å². The number of benzene rings is 1. The first-order valence-electron chi connectivity index (χ1n) is 7.64. The van der Waals surface area contributed by atoms with Gasteiger partial charge in [-0.15, -0.1) is 0 Å². The third-order valence-corrected chi connectivity index (χ3v) is 5.44. The lowest BCUT2D eigenvalue weighted by Crippen LogP contribution is -2.63. The van der Waals surface area contributed by atoms with E-state index in [0.717, 1.165) is 22.2 Å². The number of nitrogens with zero attached hydrogens (tertiary/aromatic N) is 4. The monoisotopic (exact) mass is 394 g/mol. The highest BCUT2D eigenvalue weighted by Crippen LogP contribution is 2.26. The smallest absolute Gasteiger partial charge is 0.389 e. The summed E-state index contributed by atoms with van der Waals surface area (Å²) in [6.45, 7) is 0.244. The summed E-state index contributed by atoms with van der Waals surface area (Å²) in [7, 11) is 2.93. The van der Waals surface area contributed by atoms with Crippen molar-refractivity contribution in [1.82, 2.24) is 19.4 Å². The molecule has 1 aromatic rings. The van der Waals surface area contributed by atoms with E-state index in [0.29, 0.717) is 10.2 Å². The minimum absolute atomic E-state index is 0.244. The predicted octanol–water partition coefficient (Wildman–Crippen LogP) is -0.647. The number of fused-ring (bicyclic) bond motifs is 1. The van der Waals surface area contributed by atoms with Crippen LogP contribution in [0, 0.1) is 0 Å². The molecule has 26 heavy (non-hydrogen) atoms. The molecular formula is C16H15ClN4O4S. The number of urea groups is 1. The lowest BCUT2D eigenvalue weighted by atomic mass is 10.1. The molecule has 10 heteroatoms. The van der Waals surface area contributed by atoms with Crippen LogP contribution in [-0.2, 0) is 16.1 Å². The van der Waals surface area contributed by atoms with Gasteiger partial charge in [0, 0.05) is 23.4 Å². The number of rotatable bonds is 4. The number of carboxylic acid groups (broad SMARTS) is 1. The first-order chi connectivity index (χ1) is 12.3. The Morgan fingerprint density at radius 1 is 1.27 bits per heavy atom. The van der Waals surface area contributed by atoms with E-state index >= 15 is 0 Å². The van der Waals surface area contributed by atoms with Gasteiger partial charge in [-0.05, 0) is 17.8 Å². The van der Waals surface area contributed by atoms with Crippen LogP contribution in [0.15, 0.2) is 24.3 Å². The number of hydrogen-bond donors (Lipinski definition) is 0. The quantitative estimate of drug-likeness (QED) is 0.629. The number of halogens is 1. The van der Waals surface area contributed by atoms with Crippen LogP contribution >= 0.6 is 23.4 Å². The molecule has 0 saturated carbocycles. The summed E-state index contributed by atoms with van der Waals surface area (Å²) in [5, 5.41) is 11.7. The topological polar surface area (TPSA) is 98.1 Å². The van der Waals surface area contributed by atoms with E-state index in [2.05, 4.69) is 4.67 Å². The molecule has 0 N–H and O–H groups in total. The molecule has 3 amide bonds. The zero-order valence-corrected chi connectivity index (χ0v) is 15.6. The summed E-state index contributed by atoms with van der Waals surface area (Å²) in [4.78, 5) is 39.7. The molecule has 0 spiro atoms. The summed E-state index contributed by atoms with van der Waals surface area (Å²) in [6.07, 6.45) is 0. The standard InChI is InChI=1S/C16H15ClN4O4S/c1-19-13-12(14(24)20(2)16(19)25)21(15(18-13)26-8-11(22)23)7-9-5-3-4-6-10(9)17/h3-6,12H,7-8H2,1-2H3. The molecule has 1 atom stereocenters. The van der Waals surface area contributed by atoms with Crippen molar-refractivity contribution in [2.24, 2.45) is 0 Å². The van der Waals surface area contributed by atoms with Crippen molar-refractivity contribution >= 4 is 52.3 Å². The van der Waals surface area contributed by atoms with Crippen LogP contribution in [0.1, 0.15) is 5.56 Å². The lowest BCUT2D eigenvalue weighted by molar-refractivity contribution is -0.301. The largest absolute Gasteiger partial charge is 0.549 e. The van der Waals surface area contributed by atoms with Gasteiger partial charge in [-0.1, -0.05) is 29.8 Å². The molecule has 1 saturated heterocycles. The fourth-order valence-electron chi connectivity index (χ4n) is 2.78. The average molecular weight is 395 g/mol. The zero-order chi connectivity index (χ0) is 19.0. The number of carbonyl (C=O) groups is 3. The van der Waals surface area contributed by atoms with Gasteiger partial charge in [0.15, 0.2) is 0 Å². The first kappa shape index (κ1) is 18.3. The highest BCUT2D eigenvalue weighted by atomic mass is 35.5. The molecule has 0 aliphatic carbocycles. The van der Waals surface area contributed by atoms with Crippen LogP contribution in [0.2, 0.25) is 5.02 Å². The van der Waals surface area contributed by atoms with Gasteiger partial charge >= 0.3 is 17.0 Å². The molecule has 8 nitrogen and oxygen atoms in total. The molecule has 136 valence electrons. The number of amides is 3.